The molecule has 3 N–H and O–H groups in total. The zero-order valence-corrected chi connectivity index (χ0v) is 10.5. The predicted octanol–water partition coefficient (Wildman–Crippen LogP) is 0.744. The smallest absolute Gasteiger partial charge is 0.303 e. The Bertz CT molecular complexity index is 246. The fraction of sp³-hybridized carbons (Fsp3) is 0.818. The highest BCUT2D eigenvalue weighted by Crippen LogP contribution is 1.99. The molecular weight excluding hydrogens is 208 g/mol. The molecule has 0 aromatic heterocycles. The van der Waals surface area contributed by atoms with Gasteiger partial charge in [-0.1, -0.05) is 0 Å². The third-order valence-corrected chi connectivity index (χ3v) is 1.91. The second-order valence-corrected chi connectivity index (χ2v) is 4.91. The number of carboxylic acid groups (broad SMARTS) is 1. The summed E-state index contributed by atoms with van der Waals surface area (Å²) in [6, 6.07) is -0.298. The van der Waals surface area contributed by atoms with E-state index >= 15 is 0 Å². The van der Waals surface area contributed by atoms with E-state index in [9.17, 15) is 9.59 Å². The third kappa shape index (κ3) is 8.23. The van der Waals surface area contributed by atoms with Gasteiger partial charge in [0.15, 0.2) is 0 Å². The average Bonchev–Trinajstić information content (AvgIpc) is 2.08. The van der Waals surface area contributed by atoms with E-state index in [0.29, 0.717) is 13.0 Å². The number of amides is 1. The van der Waals surface area contributed by atoms with E-state index in [1.54, 1.807) is 6.92 Å². The molecule has 0 aliphatic carbocycles. The molecule has 1 unspecified atom stereocenters. The van der Waals surface area contributed by atoms with E-state index in [4.69, 9.17) is 5.11 Å². The minimum Gasteiger partial charge on any atom is -0.481 e. The van der Waals surface area contributed by atoms with Crippen LogP contribution in [0.4, 0.5) is 0 Å². The van der Waals surface area contributed by atoms with Crippen LogP contribution in [0.25, 0.3) is 0 Å². The van der Waals surface area contributed by atoms with Crippen LogP contribution in [-0.2, 0) is 9.59 Å². The first-order valence-corrected chi connectivity index (χ1v) is 5.49. The number of hydrogen-bond acceptors (Lipinski definition) is 3. The van der Waals surface area contributed by atoms with E-state index in [0.717, 1.165) is 0 Å². The van der Waals surface area contributed by atoms with Gasteiger partial charge in [0.1, 0.15) is 0 Å². The molecule has 0 spiro atoms. The molecule has 0 fully saturated rings. The van der Waals surface area contributed by atoms with Crippen molar-refractivity contribution >= 4 is 11.9 Å². The van der Waals surface area contributed by atoms with Gasteiger partial charge in [0, 0.05) is 12.0 Å². The molecule has 0 aromatic carbocycles. The largest absolute Gasteiger partial charge is 0.481 e. The molecule has 0 radical (unpaired) electrons. The Morgan fingerprint density at radius 1 is 1.31 bits per heavy atom. The summed E-state index contributed by atoms with van der Waals surface area (Å²) in [6.45, 7) is 8.05. The number of carbonyl (C=O) groups excluding carboxylic acids is 1. The maximum absolute atomic E-state index is 11.6. The molecule has 0 aliphatic rings. The number of nitrogens with one attached hydrogen (secondary N) is 2. The quantitative estimate of drug-likeness (QED) is 0.588. The van der Waals surface area contributed by atoms with Gasteiger partial charge in [0.05, 0.1) is 6.04 Å². The van der Waals surface area contributed by atoms with Gasteiger partial charge in [-0.15, -0.1) is 0 Å². The Morgan fingerprint density at radius 3 is 2.31 bits per heavy atom. The maximum atomic E-state index is 11.6. The zero-order valence-electron chi connectivity index (χ0n) is 10.5. The molecular formula is C11H22N2O3. The van der Waals surface area contributed by atoms with Crippen LogP contribution in [-0.4, -0.2) is 35.1 Å². The summed E-state index contributed by atoms with van der Waals surface area (Å²) in [6.07, 6.45) is 0.656. The monoisotopic (exact) mass is 230 g/mol. The van der Waals surface area contributed by atoms with Gasteiger partial charge in [-0.05, 0) is 40.7 Å². The highest BCUT2D eigenvalue weighted by molar-refractivity contribution is 5.81. The van der Waals surface area contributed by atoms with Gasteiger partial charge in [0.25, 0.3) is 0 Å². The van der Waals surface area contributed by atoms with Crippen molar-refractivity contribution in [2.24, 2.45) is 0 Å². The van der Waals surface area contributed by atoms with Crippen molar-refractivity contribution in [2.75, 3.05) is 6.54 Å². The molecule has 0 heterocycles. The van der Waals surface area contributed by atoms with E-state index in [1.165, 1.54) is 0 Å². The van der Waals surface area contributed by atoms with Gasteiger partial charge in [-0.25, -0.2) is 0 Å². The van der Waals surface area contributed by atoms with Gasteiger partial charge in [-0.3, -0.25) is 9.59 Å². The highest BCUT2D eigenvalue weighted by Gasteiger charge is 2.18. The van der Waals surface area contributed by atoms with Crippen LogP contribution >= 0.6 is 0 Å². The number of rotatable bonds is 6. The van der Waals surface area contributed by atoms with Gasteiger partial charge in [0.2, 0.25) is 5.91 Å². The number of hydrogen-bond donors (Lipinski definition) is 3. The third-order valence-electron chi connectivity index (χ3n) is 1.91. The molecule has 0 saturated heterocycles. The molecule has 5 nitrogen and oxygen atoms in total. The summed E-state index contributed by atoms with van der Waals surface area (Å²) in [7, 11) is 0. The average molecular weight is 230 g/mol. The molecule has 1 amide bonds. The Kier molecular flexibility index (Phi) is 6.03. The van der Waals surface area contributed by atoms with Crippen LogP contribution in [0.5, 0.6) is 0 Å². The zero-order chi connectivity index (χ0) is 12.8. The van der Waals surface area contributed by atoms with Gasteiger partial charge >= 0.3 is 5.97 Å². The number of carboxylic acids is 1. The molecule has 1 atom stereocenters. The summed E-state index contributed by atoms with van der Waals surface area (Å²) in [5.41, 5.74) is -0.242. The standard InChI is InChI=1S/C11H22N2O3/c1-8(10(16)13-11(2,3)4)12-7-5-6-9(14)15/h8,12H,5-7H2,1-4H3,(H,13,16)(H,14,15). The van der Waals surface area contributed by atoms with Crippen molar-refractivity contribution < 1.29 is 14.7 Å². The minimum absolute atomic E-state index is 0.0668. The van der Waals surface area contributed by atoms with Crippen molar-refractivity contribution in [3.05, 3.63) is 0 Å². The second kappa shape index (κ2) is 6.48. The Labute approximate surface area is 96.6 Å². The fourth-order valence-electron chi connectivity index (χ4n) is 1.13. The summed E-state index contributed by atoms with van der Waals surface area (Å²) in [5.74, 6) is -0.878. The van der Waals surface area contributed by atoms with Gasteiger partial charge < -0.3 is 15.7 Å². The molecule has 0 aliphatic heterocycles. The SMILES string of the molecule is CC(NCCCC(=O)O)C(=O)NC(C)(C)C. The lowest BCUT2D eigenvalue weighted by atomic mass is 10.1. The summed E-state index contributed by atoms with van der Waals surface area (Å²) in [4.78, 5) is 21.9. The predicted molar refractivity (Wildman–Crippen MR) is 62.2 cm³/mol. The van der Waals surface area contributed by atoms with Crippen LogP contribution in [0.15, 0.2) is 0 Å². The summed E-state index contributed by atoms with van der Waals surface area (Å²) in [5, 5.41) is 14.3. The Balaban J connectivity index is 3.76. The lowest BCUT2D eigenvalue weighted by molar-refractivity contribution is -0.137. The molecule has 0 bridgehead atoms. The molecule has 94 valence electrons. The van der Waals surface area contributed by atoms with Crippen LogP contribution < -0.4 is 10.6 Å². The molecule has 16 heavy (non-hydrogen) atoms. The maximum Gasteiger partial charge on any atom is 0.303 e. The fourth-order valence-corrected chi connectivity index (χ4v) is 1.13. The molecule has 5 heteroatoms. The van der Waals surface area contributed by atoms with Crippen molar-refractivity contribution in [3.63, 3.8) is 0 Å². The topological polar surface area (TPSA) is 78.4 Å². The Morgan fingerprint density at radius 2 is 1.88 bits per heavy atom. The van der Waals surface area contributed by atoms with Crippen molar-refractivity contribution in [1.29, 1.82) is 0 Å². The van der Waals surface area contributed by atoms with Crippen LogP contribution in [0, 0.1) is 0 Å². The minimum atomic E-state index is -0.811. The molecule has 0 rings (SSSR count). The van der Waals surface area contributed by atoms with Crippen molar-refractivity contribution in [2.45, 2.75) is 52.1 Å². The van der Waals surface area contributed by atoms with E-state index < -0.39 is 5.97 Å². The van der Waals surface area contributed by atoms with E-state index in [1.807, 2.05) is 20.8 Å². The number of aliphatic carboxylic acids is 1. The van der Waals surface area contributed by atoms with Crippen LogP contribution in [0.2, 0.25) is 0 Å². The lowest BCUT2D eigenvalue weighted by Crippen LogP contribution is -2.49. The van der Waals surface area contributed by atoms with Crippen molar-refractivity contribution in [3.8, 4) is 0 Å². The van der Waals surface area contributed by atoms with Gasteiger partial charge in [-0.2, -0.15) is 0 Å². The normalized spacial score (nSPS) is 13.2. The lowest BCUT2D eigenvalue weighted by Gasteiger charge is -2.23. The van der Waals surface area contributed by atoms with Crippen LogP contribution in [0.3, 0.4) is 0 Å². The first kappa shape index (κ1) is 14.9. The first-order valence-electron chi connectivity index (χ1n) is 5.49. The van der Waals surface area contributed by atoms with Crippen LogP contribution in [0.1, 0.15) is 40.5 Å². The second-order valence-electron chi connectivity index (χ2n) is 4.91. The van der Waals surface area contributed by atoms with E-state index in [2.05, 4.69) is 10.6 Å². The first-order chi connectivity index (χ1) is 7.22. The summed E-state index contributed by atoms with van der Waals surface area (Å²) >= 11 is 0. The summed E-state index contributed by atoms with van der Waals surface area (Å²) < 4.78 is 0. The number of carbonyl (C=O) groups is 2. The van der Waals surface area contributed by atoms with E-state index in [-0.39, 0.29) is 23.9 Å². The van der Waals surface area contributed by atoms with Crippen molar-refractivity contribution in [1.82, 2.24) is 10.6 Å². The highest BCUT2D eigenvalue weighted by atomic mass is 16.4. The molecule has 0 saturated carbocycles. The Hall–Kier alpha value is -1.10. The molecule has 0 aromatic rings.